The Morgan fingerprint density at radius 3 is 2.25 bits per heavy atom. The molecule has 1 aliphatic rings. The molecule has 4 amide bonds. The summed E-state index contributed by atoms with van der Waals surface area (Å²) in [5.41, 5.74) is 3.73. The minimum absolute atomic E-state index is 0.159. The summed E-state index contributed by atoms with van der Waals surface area (Å²) in [7, 11) is 1.42. The lowest BCUT2D eigenvalue weighted by atomic mass is 10.1. The number of hydrogen-bond acceptors (Lipinski definition) is 6. The van der Waals surface area contributed by atoms with Gasteiger partial charge in [0.15, 0.2) is 0 Å². The lowest BCUT2D eigenvalue weighted by molar-refractivity contribution is -0.384. The first-order valence-electron chi connectivity index (χ1n) is 11.0. The van der Waals surface area contributed by atoms with Crippen molar-refractivity contribution in [3.8, 4) is 11.4 Å². The SMILES string of the molecule is COc1ccc(-n2c(C)cc(/C=C3\C(=O)NC(=O)N(c4cc(C)cc(C)c4)C3=O)c2C)c([N+](=O)[O-])c1. The number of nitrogens with one attached hydrogen (secondary N) is 1. The van der Waals surface area contributed by atoms with Gasteiger partial charge in [-0.25, -0.2) is 9.69 Å². The van der Waals surface area contributed by atoms with Gasteiger partial charge < -0.3 is 9.30 Å². The fourth-order valence-electron chi connectivity index (χ4n) is 4.40. The molecular formula is C26H24N4O6. The van der Waals surface area contributed by atoms with Crippen molar-refractivity contribution in [1.82, 2.24) is 9.88 Å². The third-order valence-corrected chi connectivity index (χ3v) is 5.96. The molecule has 1 aliphatic heterocycles. The van der Waals surface area contributed by atoms with Gasteiger partial charge in [0.25, 0.3) is 17.5 Å². The fourth-order valence-corrected chi connectivity index (χ4v) is 4.40. The van der Waals surface area contributed by atoms with E-state index in [9.17, 15) is 24.5 Å². The van der Waals surface area contributed by atoms with Crippen LogP contribution in [-0.4, -0.2) is 34.4 Å². The second kappa shape index (κ2) is 9.14. The Hall–Kier alpha value is -4.73. The Bertz CT molecular complexity index is 1460. The number of urea groups is 1. The van der Waals surface area contributed by atoms with E-state index in [-0.39, 0.29) is 11.3 Å². The normalized spacial score (nSPS) is 14.9. The van der Waals surface area contributed by atoms with E-state index >= 15 is 0 Å². The maximum absolute atomic E-state index is 13.3. The summed E-state index contributed by atoms with van der Waals surface area (Å²) in [4.78, 5) is 50.7. The number of carbonyl (C=O) groups is 3. The van der Waals surface area contributed by atoms with Gasteiger partial charge in [0.05, 0.1) is 23.8 Å². The van der Waals surface area contributed by atoms with Crippen LogP contribution >= 0.6 is 0 Å². The van der Waals surface area contributed by atoms with Crippen molar-refractivity contribution in [3.05, 3.63) is 86.2 Å². The molecule has 1 saturated heterocycles. The summed E-state index contributed by atoms with van der Waals surface area (Å²) in [5, 5.41) is 14.0. The van der Waals surface area contributed by atoms with Crippen LogP contribution in [0.5, 0.6) is 5.75 Å². The van der Waals surface area contributed by atoms with E-state index in [0.717, 1.165) is 16.0 Å². The average molecular weight is 489 g/mol. The van der Waals surface area contributed by atoms with E-state index < -0.39 is 22.8 Å². The van der Waals surface area contributed by atoms with Gasteiger partial charge in [-0.05, 0) is 80.8 Å². The molecule has 0 aliphatic carbocycles. The zero-order valence-corrected chi connectivity index (χ0v) is 20.4. The number of carbonyl (C=O) groups excluding carboxylic acids is 3. The lowest BCUT2D eigenvalue weighted by Crippen LogP contribution is -2.54. The molecule has 184 valence electrons. The number of barbiturate groups is 1. The molecule has 10 nitrogen and oxygen atoms in total. The van der Waals surface area contributed by atoms with Crippen molar-refractivity contribution >= 4 is 35.3 Å². The molecule has 0 bridgehead atoms. The molecule has 2 heterocycles. The maximum Gasteiger partial charge on any atom is 0.335 e. The number of benzene rings is 2. The first-order valence-corrected chi connectivity index (χ1v) is 11.0. The van der Waals surface area contributed by atoms with Gasteiger partial charge in [-0.3, -0.25) is 25.0 Å². The van der Waals surface area contributed by atoms with Crippen LogP contribution in [0.25, 0.3) is 11.8 Å². The summed E-state index contributed by atoms with van der Waals surface area (Å²) >= 11 is 0. The monoisotopic (exact) mass is 488 g/mol. The van der Waals surface area contributed by atoms with E-state index in [0.29, 0.717) is 34.1 Å². The van der Waals surface area contributed by atoms with Crippen LogP contribution in [0.15, 0.2) is 48.0 Å². The highest BCUT2D eigenvalue weighted by atomic mass is 16.6. The highest BCUT2D eigenvalue weighted by molar-refractivity contribution is 6.39. The Labute approximate surface area is 206 Å². The summed E-state index contributed by atoms with van der Waals surface area (Å²) in [6, 6.07) is 10.7. The molecule has 0 spiro atoms. The predicted octanol–water partition coefficient (Wildman–Crippen LogP) is 4.29. The summed E-state index contributed by atoms with van der Waals surface area (Å²) in [6.07, 6.45) is 1.40. The molecule has 0 atom stereocenters. The number of anilines is 1. The van der Waals surface area contributed by atoms with Gasteiger partial charge in [-0.1, -0.05) is 6.07 Å². The molecule has 1 aromatic heterocycles. The Morgan fingerprint density at radius 2 is 1.64 bits per heavy atom. The third kappa shape index (κ3) is 4.24. The van der Waals surface area contributed by atoms with Crippen molar-refractivity contribution in [3.63, 3.8) is 0 Å². The van der Waals surface area contributed by atoms with E-state index in [2.05, 4.69) is 5.32 Å². The Kier molecular flexibility index (Phi) is 6.19. The standard InChI is InChI=1S/C26H24N4O6/c1-14-8-15(2)10-19(9-14)29-25(32)21(24(31)27-26(29)33)12-18-11-16(3)28(17(18)4)22-7-6-20(36-5)13-23(22)30(34)35/h6-13H,1-5H3,(H,27,31,33)/b21-12+. The lowest BCUT2D eigenvalue weighted by Gasteiger charge is -2.27. The number of amides is 4. The van der Waals surface area contributed by atoms with Crippen molar-refractivity contribution in [2.24, 2.45) is 0 Å². The van der Waals surface area contributed by atoms with Crippen LogP contribution in [0.1, 0.15) is 28.1 Å². The second-order valence-corrected chi connectivity index (χ2v) is 8.58. The Morgan fingerprint density at radius 1 is 0.972 bits per heavy atom. The first-order chi connectivity index (χ1) is 17.0. The van der Waals surface area contributed by atoms with Crippen molar-refractivity contribution in [1.29, 1.82) is 0 Å². The van der Waals surface area contributed by atoms with Gasteiger partial charge in [-0.15, -0.1) is 0 Å². The number of methoxy groups -OCH3 is 1. The van der Waals surface area contributed by atoms with Crippen LogP contribution < -0.4 is 15.0 Å². The number of hydrogen-bond donors (Lipinski definition) is 1. The molecule has 10 heteroatoms. The van der Waals surface area contributed by atoms with Gasteiger partial charge in [-0.2, -0.15) is 0 Å². The topological polar surface area (TPSA) is 124 Å². The van der Waals surface area contributed by atoms with E-state index in [1.54, 1.807) is 48.7 Å². The highest BCUT2D eigenvalue weighted by Gasteiger charge is 2.37. The van der Waals surface area contributed by atoms with Crippen LogP contribution in [0.4, 0.5) is 16.2 Å². The molecule has 36 heavy (non-hydrogen) atoms. The number of imide groups is 2. The first kappa shape index (κ1) is 24.4. The summed E-state index contributed by atoms with van der Waals surface area (Å²) in [5.74, 6) is -1.23. The molecular weight excluding hydrogens is 464 g/mol. The van der Waals surface area contributed by atoms with Crippen molar-refractivity contribution in [2.45, 2.75) is 27.7 Å². The number of nitro groups is 1. The van der Waals surface area contributed by atoms with E-state index in [1.807, 2.05) is 19.9 Å². The van der Waals surface area contributed by atoms with Crippen molar-refractivity contribution < 1.29 is 24.0 Å². The molecule has 1 fully saturated rings. The molecule has 4 rings (SSSR count). The third-order valence-electron chi connectivity index (χ3n) is 5.96. The van der Waals surface area contributed by atoms with Crippen LogP contribution in [0, 0.1) is 37.8 Å². The fraction of sp³-hybridized carbons (Fsp3) is 0.192. The van der Waals surface area contributed by atoms with E-state index in [1.165, 1.54) is 19.3 Å². The van der Waals surface area contributed by atoms with Gasteiger partial charge in [0, 0.05) is 11.4 Å². The quantitative estimate of drug-likeness (QED) is 0.247. The summed E-state index contributed by atoms with van der Waals surface area (Å²) < 4.78 is 6.79. The molecule has 2 aromatic carbocycles. The van der Waals surface area contributed by atoms with Crippen molar-refractivity contribution in [2.75, 3.05) is 12.0 Å². The largest absolute Gasteiger partial charge is 0.496 e. The number of aromatic nitrogens is 1. The zero-order valence-electron chi connectivity index (χ0n) is 20.4. The predicted molar refractivity (Wildman–Crippen MR) is 133 cm³/mol. The second-order valence-electron chi connectivity index (χ2n) is 8.58. The molecule has 1 N–H and O–H groups in total. The number of nitro benzene ring substituents is 1. The van der Waals surface area contributed by atoms with Gasteiger partial charge >= 0.3 is 6.03 Å². The molecule has 3 aromatic rings. The minimum atomic E-state index is -0.827. The van der Waals surface area contributed by atoms with Gasteiger partial charge in [0.1, 0.15) is 17.0 Å². The van der Waals surface area contributed by atoms with Gasteiger partial charge in [0.2, 0.25) is 0 Å². The number of nitrogens with zero attached hydrogens (tertiary/aromatic N) is 3. The summed E-state index contributed by atoms with van der Waals surface area (Å²) in [6.45, 7) is 7.18. The molecule has 0 unspecified atom stereocenters. The minimum Gasteiger partial charge on any atom is -0.496 e. The smallest absolute Gasteiger partial charge is 0.335 e. The number of ether oxygens (including phenoxy) is 1. The van der Waals surface area contributed by atoms with Crippen LogP contribution in [0.3, 0.4) is 0 Å². The van der Waals surface area contributed by atoms with Crippen LogP contribution in [-0.2, 0) is 9.59 Å². The zero-order chi connectivity index (χ0) is 26.3. The van der Waals surface area contributed by atoms with E-state index in [4.69, 9.17) is 4.74 Å². The molecule has 0 radical (unpaired) electrons. The average Bonchev–Trinajstić information content (AvgIpc) is 3.08. The number of aryl methyl sites for hydroxylation is 3. The number of rotatable bonds is 5. The maximum atomic E-state index is 13.3. The highest BCUT2D eigenvalue weighted by Crippen LogP contribution is 2.32. The molecule has 0 saturated carbocycles. The Balaban J connectivity index is 1.81. The van der Waals surface area contributed by atoms with Crippen LogP contribution in [0.2, 0.25) is 0 Å².